The van der Waals surface area contributed by atoms with Crippen molar-refractivity contribution in [3.8, 4) is 11.5 Å². The minimum Gasteiger partial charge on any atom is -0.493 e. The van der Waals surface area contributed by atoms with E-state index in [4.69, 9.17) is 9.47 Å². The Morgan fingerprint density at radius 2 is 2.07 bits per heavy atom. The van der Waals surface area contributed by atoms with Gasteiger partial charge in [-0.15, -0.1) is 0 Å². The first kappa shape index (κ1) is 18.2. The van der Waals surface area contributed by atoms with Gasteiger partial charge in [0.05, 0.1) is 18.6 Å². The molecule has 2 aromatic carbocycles. The Morgan fingerprint density at radius 3 is 2.86 bits per heavy atom. The van der Waals surface area contributed by atoms with E-state index >= 15 is 0 Å². The molecule has 2 aliphatic heterocycles. The van der Waals surface area contributed by atoms with Gasteiger partial charge in [0.2, 0.25) is 0 Å². The van der Waals surface area contributed by atoms with E-state index in [1.54, 1.807) is 7.11 Å². The van der Waals surface area contributed by atoms with Crippen LogP contribution in [0.3, 0.4) is 0 Å². The quantitative estimate of drug-likeness (QED) is 0.725. The van der Waals surface area contributed by atoms with Gasteiger partial charge in [0.25, 0.3) is 0 Å². The van der Waals surface area contributed by atoms with Crippen LogP contribution < -0.4 is 9.47 Å². The van der Waals surface area contributed by atoms with Crippen molar-refractivity contribution in [2.75, 3.05) is 13.7 Å². The van der Waals surface area contributed by atoms with Gasteiger partial charge in [-0.2, -0.15) is 0 Å². The van der Waals surface area contributed by atoms with E-state index in [9.17, 15) is 5.11 Å². The maximum Gasteiger partial charge on any atom is 0.166 e. The normalized spacial score (nSPS) is 28.2. The van der Waals surface area contributed by atoms with Crippen LogP contribution >= 0.6 is 15.9 Å². The highest BCUT2D eigenvalue weighted by atomic mass is 79.9. The van der Waals surface area contributed by atoms with Crippen LogP contribution in [0, 0.1) is 0 Å². The van der Waals surface area contributed by atoms with Crippen LogP contribution in [0.15, 0.2) is 53.0 Å². The molecule has 2 aromatic rings. The molecule has 0 amide bonds. The summed E-state index contributed by atoms with van der Waals surface area (Å²) in [6.45, 7) is 2.78. The Labute approximate surface area is 173 Å². The predicted molar refractivity (Wildman–Crippen MR) is 112 cm³/mol. The standard InChI is InChI=1S/C23H24BrNO3/c1-27-19-7-4-16-14-25(13-15-2-5-17(24)6-3-15)11-10-23-9-8-18(26)12-20(23)28-22(19)21(16)23/h2-9,18,20,26H,10-14H2,1H3/t18-,20+,23+/m1/s1. The number of hydrogen-bond donors (Lipinski definition) is 1. The molecule has 0 saturated carbocycles. The van der Waals surface area contributed by atoms with E-state index in [0.29, 0.717) is 6.42 Å². The molecule has 5 rings (SSSR count). The molecule has 146 valence electrons. The van der Waals surface area contributed by atoms with E-state index in [-0.39, 0.29) is 11.5 Å². The summed E-state index contributed by atoms with van der Waals surface area (Å²) in [4.78, 5) is 2.51. The molecule has 2 heterocycles. The number of halogens is 1. The van der Waals surface area contributed by atoms with E-state index in [2.05, 4.69) is 57.2 Å². The maximum atomic E-state index is 10.2. The van der Waals surface area contributed by atoms with Crippen molar-refractivity contribution in [1.29, 1.82) is 0 Å². The van der Waals surface area contributed by atoms with Gasteiger partial charge in [0.15, 0.2) is 11.5 Å². The summed E-state index contributed by atoms with van der Waals surface area (Å²) < 4.78 is 13.1. The van der Waals surface area contributed by atoms with Crippen molar-refractivity contribution in [3.63, 3.8) is 0 Å². The fraction of sp³-hybridized carbons (Fsp3) is 0.391. The van der Waals surface area contributed by atoms with Gasteiger partial charge in [-0.25, -0.2) is 0 Å². The highest BCUT2D eigenvalue weighted by molar-refractivity contribution is 9.10. The third-order valence-electron chi connectivity index (χ3n) is 6.35. The Kier molecular flexibility index (Phi) is 4.49. The Morgan fingerprint density at radius 1 is 1.25 bits per heavy atom. The van der Waals surface area contributed by atoms with Gasteiger partial charge in [-0.1, -0.05) is 46.3 Å². The molecule has 5 heteroatoms. The SMILES string of the molecule is COc1ccc2c3c1O[C@H]1C[C@H](O)C=C[C@@]31CCN(Cc1ccc(Br)cc1)C2. The molecule has 0 bridgehead atoms. The monoisotopic (exact) mass is 441 g/mol. The molecule has 1 N–H and O–H groups in total. The fourth-order valence-corrected chi connectivity index (χ4v) is 5.24. The average Bonchev–Trinajstić information content (AvgIpc) is 2.94. The van der Waals surface area contributed by atoms with Crippen LogP contribution in [0.25, 0.3) is 0 Å². The molecular formula is C23H24BrNO3. The number of aliphatic hydroxyl groups is 1. The molecule has 28 heavy (non-hydrogen) atoms. The van der Waals surface area contributed by atoms with Crippen LogP contribution in [0.1, 0.15) is 29.5 Å². The minimum absolute atomic E-state index is 0.0369. The minimum atomic E-state index is -0.443. The first-order chi connectivity index (χ1) is 13.6. The molecule has 1 aliphatic carbocycles. The zero-order chi connectivity index (χ0) is 19.3. The summed E-state index contributed by atoms with van der Waals surface area (Å²) in [5.41, 5.74) is 3.70. The lowest BCUT2D eigenvalue weighted by molar-refractivity contribution is 0.0806. The van der Waals surface area contributed by atoms with Gasteiger partial charge in [0, 0.05) is 36.1 Å². The second-order valence-corrected chi connectivity index (χ2v) is 8.94. The van der Waals surface area contributed by atoms with Crippen molar-refractivity contribution in [2.45, 2.75) is 43.6 Å². The van der Waals surface area contributed by atoms with Gasteiger partial charge >= 0.3 is 0 Å². The van der Waals surface area contributed by atoms with Crippen LogP contribution in [-0.4, -0.2) is 35.9 Å². The summed E-state index contributed by atoms with van der Waals surface area (Å²) in [5.74, 6) is 1.66. The third-order valence-corrected chi connectivity index (χ3v) is 6.88. The third kappa shape index (κ3) is 2.88. The van der Waals surface area contributed by atoms with Crippen LogP contribution in [0.5, 0.6) is 11.5 Å². The molecule has 3 atom stereocenters. The average molecular weight is 442 g/mol. The number of benzene rings is 2. The highest BCUT2D eigenvalue weighted by Gasteiger charge is 2.52. The summed E-state index contributed by atoms with van der Waals surface area (Å²) in [5, 5.41) is 10.2. The van der Waals surface area contributed by atoms with Crippen molar-refractivity contribution >= 4 is 15.9 Å². The van der Waals surface area contributed by atoms with Gasteiger partial charge in [-0.05, 0) is 35.7 Å². The molecule has 4 nitrogen and oxygen atoms in total. The Bertz CT molecular complexity index is 926. The van der Waals surface area contributed by atoms with E-state index in [1.807, 2.05) is 12.1 Å². The number of hydrogen-bond acceptors (Lipinski definition) is 4. The zero-order valence-electron chi connectivity index (χ0n) is 15.9. The molecule has 0 fully saturated rings. The number of ether oxygens (including phenoxy) is 2. The van der Waals surface area contributed by atoms with Crippen molar-refractivity contribution in [3.05, 3.63) is 69.7 Å². The second-order valence-electron chi connectivity index (χ2n) is 8.03. The first-order valence-electron chi connectivity index (χ1n) is 9.80. The molecular weight excluding hydrogens is 418 g/mol. The topological polar surface area (TPSA) is 41.9 Å². The van der Waals surface area contributed by atoms with Gasteiger partial charge in [0.1, 0.15) is 6.10 Å². The smallest absolute Gasteiger partial charge is 0.166 e. The lowest BCUT2D eigenvalue weighted by atomic mass is 9.69. The second kappa shape index (κ2) is 6.90. The van der Waals surface area contributed by atoms with Crippen LogP contribution in [0.2, 0.25) is 0 Å². The number of rotatable bonds is 3. The Balaban J connectivity index is 1.54. The summed E-state index contributed by atoms with van der Waals surface area (Å²) in [6, 6.07) is 12.8. The molecule has 0 saturated heterocycles. The lowest BCUT2D eigenvalue weighted by Crippen LogP contribution is -2.43. The van der Waals surface area contributed by atoms with Gasteiger partial charge in [-0.3, -0.25) is 4.90 Å². The summed E-state index contributed by atoms with van der Waals surface area (Å²) in [7, 11) is 1.69. The predicted octanol–water partition coefficient (Wildman–Crippen LogP) is 4.18. The largest absolute Gasteiger partial charge is 0.493 e. The number of methoxy groups -OCH3 is 1. The first-order valence-corrected chi connectivity index (χ1v) is 10.6. The molecule has 1 spiro atoms. The van der Waals surface area contributed by atoms with E-state index < -0.39 is 6.10 Å². The van der Waals surface area contributed by atoms with E-state index in [1.165, 1.54) is 16.7 Å². The molecule has 3 aliphatic rings. The van der Waals surface area contributed by atoms with Crippen LogP contribution in [0.4, 0.5) is 0 Å². The zero-order valence-corrected chi connectivity index (χ0v) is 17.5. The molecule has 0 unspecified atom stereocenters. The van der Waals surface area contributed by atoms with Crippen molar-refractivity contribution in [1.82, 2.24) is 4.90 Å². The summed E-state index contributed by atoms with van der Waals surface area (Å²) >= 11 is 3.52. The summed E-state index contributed by atoms with van der Waals surface area (Å²) in [6.07, 6.45) is 5.27. The molecule has 0 aromatic heterocycles. The highest BCUT2D eigenvalue weighted by Crippen LogP contribution is 2.55. The number of aliphatic hydroxyl groups excluding tert-OH is 1. The van der Waals surface area contributed by atoms with E-state index in [0.717, 1.165) is 42.0 Å². The fourth-order valence-electron chi connectivity index (χ4n) is 4.98. The number of nitrogens with zero attached hydrogens (tertiary/aromatic N) is 1. The lowest BCUT2D eigenvalue weighted by Gasteiger charge is -2.35. The van der Waals surface area contributed by atoms with Crippen molar-refractivity contribution in [2.24, 2.45) is 0 Å². The van der Waals surface area contributed by atoms with Crippen molar-refractivity contribution < 1.29 is 14.6 Å². The van der Waals surface area contributed by atoms with Crippen LogP contribution in [-0.2, 0) is 18.5 Å². The maximum absolute atomic E-state index is 10.2. The molecule has 0 radical (unpaired) electrons. The Hall–Kier alpha value is -1.82. The van der Waals surface area contributed by atoms with Gasteiger partial charge < -0.3 is 14.6 Å².